The number of hydrazone groups is 1. The van der Waals surface area contributed by atoms with E-state index in [1.807, 2.05) is 42.6 Å². The largest absolute Gasteiger partial charge is 0.281 e. The van der Waals surface area contributed by atoms with Crippen LogP contribution in [0, 0.1) is 0 Å². The van der Waals surface area contributed by atoms with Gasteiger partial charge in [0.1, 0.15) is 0 Å². The molecular weight excluding hydrogens is 312 g/mol. The molecule has 0 unspecified atom stereocenters. The monoisotopic (exact) mass is 322 g/mol. The second-order valence-electron chi connectivity index (χ2n) is 3.60. The molecule has 0 aliphatic carbocycles. The molecule has 1 heterocycles. The van der Waals surface area contributed by atoms with E-state index < -0.39 is 0 Å². The van der Waals surface area contributed by atoms with Gasteiger partial charge >= 0.3 is 0 Å². The first-order chi connectivity index (χ1) is 8.68. The Morgan fingerprint density at radius 1 is 1.28 bits per heavy atom. The summed E-state index contributed by atoms with van der Waals surface area (Å²) in [6.07, 6.45) is 0. The van der Waals surface area contributed by atoms with E-state index in [1.165, 1.54) is 11.3 Å². The zero-order valence-corrected chi connectivity index (χ0v) is 12.1. The Morgan fingerprint density at radius 2 is 2.06 bits per heavy atom. The number of halogens is 1. The normalized spacial score (nSPS) is 11.3. The third-order valence-corrected chi connectivity index (χ3v) is 3.89. The van der Waals surface area contributed by atoms with Crippen molar-refractivity contribution in [1.29, 1.82) is 0 Å². The summed E-state index contributed by atoms with van der Waals surface area (Å²) >= 11 is 4.84. The third-order valence-electron chi connectivity index (χ3n) is 2.33. The molecule has 0 radical (unpaired) electrons. The van der Waals surface area contributed by atoms with Gasteiger partial charge in [0, 0.05) is 10.0 Å². The molecule has 0 saturated carbocycles. The SMILES string of the molecule is C/C(=N/NC(=O)c1cccs1)c1ccccc1Br. The van der Waals surface area contributed by atoms with Crippen molar-refractivity contribution in [1.82, 2.24) is 5.43 Å². The molecule has 1 amide bonds. The first kappa shape index (κ1) is 13.0. The maximum Gasteiger partial charge on any atom is 0.281 e. The number of carbonyl (C=O) groups excluding carboxylic acids is 1. The number of hydrogen-bond donors (Lipinski definition) is 1. The highest BCUT2D eigenvalue weighted by molar-refractivity contribution is 9.10. The topological polar surface area (TPSA) is 41.5 Å². The highest BCUT2D eigenvalue weighted by Gasteiger charge is 2.06. The first-order valence-electron chi connectivity index (χ1n) is 5.31. The maximum absolute atomic E-state index is 11.7. The first-order valence-corrected chi connectivity index (χ1v) is 6.99. The van der Waals surface area contributed by atoms with Gasteiger partial charge in [-0.15, -0.1) is 11.3 Å². The number of amides is 1. The number of rotatable bonds is 3. The molecule has 1 N–H and O–H groups in total. The van der Waals surface area contributed by atoms with Gasteiger partial charge in [-0.25, -0.2) is 5.43 Å². The van der Waals surface area contributed by atoms with E-state index in [-0.39, 0.29) is 5.91 Å². The van der Waals surface area contributed by atoms with E-state index in [2.05, 4.69) is 26.5 Å². The number of thiophene rings is 1. The highest BCUT2D eigenvalue weighted by Crippen LogP contribution is 2.16. The average Bonchev–Trinajstić information content (AvgIpc) is 2.90. The Bertz CT molecular complexity index is 578. The molecule has 0 bridgehead atoms. The zero-order chi connectivity index (χ0) is 13.0. The molecule has 0 fully saturated rings. The number of carbonyl (C=O) groups is 1. The molecule has 0 aliphatic rings. The van der Waals surface area contributed by atoms with Crippen LogP contribution >= 0.6 is 27.3 Å². The number of nitrogens with zero attached hydrogens (tertiary/aromatic N) is 1. The van der Waals surface area contributed by atoms with E-state index >= 15 is 0 Å². The van der Waals surface area contributed by atoms with Crippen LogP contribution in [0.1, 0.15) is 22.2 Å². The fourth-order valence-electron chi connectivity index (χ4n) is 1.41. The molecular formula is C13H11BrN2OS. The average molecular weight is 323 g/mol. The van der Waals surface area contributed by atoms with Crippen LogP contribution in [0.2, 0.25) is 0 Å². The van der Waals surface area contributed by atoms with Crippen molar-refractivity contribution in [3.8, 4) is 0 Å². The van der Waals surface area contributed by atoms with Crippen molar-refractivity contribution in [3.63, 3.8) is 0 Å². The summed E-state index contributed by atoms with van der Waals surface area (Å²) in [5, 5.41) is 5.97. The van der Waals surface area contributed by atoms with Gasteiger partial charge in [-0.2, -0.15) is 5.10 Å². The fourth-order valence-corrected chi connectivity index (χ4v) is 2.60. The molecule has 0 atom stereocenters. The van der Waals surface area contributed by atoms with Crippen LogP contribution in [0.25, 0.3) is 0 Å². The van der Waals surface area contributed by atoms with Gasteiger partial charge in [0.05, 0.1) is 10.6 Å². The van der Waals surface area contributed by atoms with Gasteiger partial charge in [0.25, 0.3) is 5.91 Å². The molecule has 3 nitrogen and oxygen atoms in total. The molecule has 92 valence electrons. The van der Waals surface area contributed by atoms with Crippen LogP contribution in [-0.2, 0) is 0 Å². The fraction of sp³-hybridized carbons (Fsp3) is 0.0769. The van der Waals surface area contributed by atoms with Crippen LogP contribution in [-0.4, -0.2) is 11.6 Å². The molecule has 2 aromatic rings. The highest BCUT2D eigenvalue weighted by atomic mass is 79.9. The Morgan fingerprint density at radius 3 is 2.72 bits per heavy atom. The van der Waals surface area contributed by atoms with Gasteiger partial charge in [0.2, 0.25) is 0 Å². The predicted molar refractivity (Wildman–Crippen MR) is 78.1 cm³/mol. The lowest BCUT2D eigenvalue weighted by Crippen LogP contribution is -2.18. The standard InChI is InChI=1S/C13H11BrN2OS/c1-9(10-5-2-3-6-11(10)14)15-16-13(17)12-7-4-8-18-12/h2-8H,1H3,(H,16,17)/b15-9-. The molecule has 1 aromatic heterocycles. The third kappa shape index (κ3) is 3.05. The van der Waals surface area contributed by atoms with Gasteiger partial charge < -0.3 is 0 Å². The second-order valence-corrected chi connectivity index (χ2v) is 5.40. The zero-order valence-electron chi connectivity index (χ0n) is 9.68. The van der Waals surface area contributed by atoms with Crippen LogP contribution in [0.4, 0.5) is 0 Å². The Hall–Kier alpha value is -1.46. The van der Waals surface area contributed by atoms with Crippen molar-refractivity contribution in [2.24, 2.45) is 5.10 Å². The number of benzene rings is 1. The summed E-state index contributed by atoms with van der Waals surface area (Å²) in [6, 6.07) is 11.4. The van der Waals surface area contributed by atoms with Gasteiger partial charge in [0.15, 0.2) is 0 Å². The summed E-state index contributed by atoms with van der Waals surface area (Å²) in [5.41, 5.74) is 4.27. The molecule has 5 heteroatoms. The molecule has 2 rings (SSSR count). The molecule has 0 spiro atoms. The smallest absolute Gasteiger partial charge is 0.266 e. The minimum Gasteiger partial charge on any atom is -0.266 e. The van der Waals surface area contributed by atoms with Crippen LogP contribution < -0.4 is 5.43 Å². The van der Waals surface area contributed by atoms with Crippen LogP contribution in [0.3, 0.4) is 0 Å². The summed E-state index contributed by atoms with van der Waals surface area (Å²) in [6.45, 7) is 1.86. The van der Waals surface area contributed by atoms with Gasteiger partial charge in [-0.05, 0) is 24.4 Å². The van der Waals surface area contributed by atoms with E-state index in [0.29, 0.717) is 4.88 Å². The van der Waals surface area contributed by atoms with E-state index in [9.17, 15) is 4.79 Å². The van der Waals surface area contributed by atoms with Crippen molar-refractivity contribution in [3.05, 3.63) is 56.7 Å². The molecule has 1 aromatic carbocycles. The van der Waals surface area contributed by atoms with Crippen LogP contribution in [0.15, 0.2) is 51.4 Å². The van der Waals surface area contributed by atoms with Crippen molar-refractivity contribution in [2.45, 2.75) is 6.92 Å². The number of hydrogen-bond acceptors (Lipinski definition) is 3. The summed E-state index contributed by atoms with van der Waals surface area (Å²) in [7, 11) is 0. The second kappa shape index (κ2) is 5.93. The van der Waals surface area contributed by atoms with E-state index in [1.54, 1.807) is 6.07 Å². The number of nitrogens with one attached hydrogen (secondary N) is 1. The molecule has 0 saturated heterocycles. The Labute approximate surface area is 118 Å². The van der Waals surface area contributed by atoms with Crippen molar-refractivity contribution in [2.75, 3.05) is 0 Å². The van der Waals surface area contributed by atoms with Crippen molar-refractivity contribution >= 4 is 38.9 Å². The molecule has 0 aliphatic heterocycles. The summed E-state index contributed by atoms with van der Waals surface area (Å²) in [4.78, 5) is 12.4. The Balaban J connectivity index is 2.11. The lowest BCUT2D eigenvalue weighted by Gasteiger charge is -2.03. The van der Waals surface area contributed by atoms with E-state index in [4.69, 9.17) is 0 Å². The molecule has 18 heavy (non-hydrogen) atoms. The lowest BCUT2D eigenvalue weighted by molar-refractivity contribution is 0.0959. The lowest BCUT2D eigenvalue weighted by atomic mass is 10.1. The Kier molecular flexibility index (Phi) is 4.28. The predicted octanol–water partition coefficient (Wildman–Crippen LogP) is 3.66. The van der Waals surface area contributed by atoms with Gasteiger partial charge in [-0.1, -0.05) is 40.2 Å². The van der Waals surface area contributed by atoms with Crippen molar-refractivity contribution < 1.29 is 4.79 Å². The quantitative estimate of drug-likeness (QED) is 0.680. The van der Waals surface area contributed by atoms with E-state index in [0.717, 1.165) is 15.7 Å². The minimum atomic E-state index is -0.184. The maximum atomic E-state index is 11.7. The summed E-state index contributed by atoms with van der Waals surface area (Å²) in [5.74, 6) is -0.184. The minimum absolute atomic E-state index is 0.184. The van der Waals surface area contributed by atoms with Gasteiger partial charge in [-0.3, -0.25) is 4.79 Å². The summed E-state index contributed by atoms with van der Waals surface area (Å²) < 4.78 is 0.955. The van der Waals surface area contributed by atoms with Crippen LogP contribution in [0.5, 0.6) is 0 Å².